The van der Waals surface area contributed by atoms with Gasteiger partial charge in [-0.3, -0.25) is 4.90 Å². The van der Waals surface area contributed by atoms with Crippen LogP contribution in [-0.2, 0) is 0 Å². The van der Waals surface area contributed by atoms with Gasteiger partial charge in [-0.15, -0.1) is 0 Å². The lowest BCUT2D eigenvalue weighted by molar-refractivity contribution is 0.0453. The van der Waals surface area contributed by atoms with E-state index in [1.807, 2.05) is 0 Å². The monoisotopic (exact) mass is 155 g/mol. The van der Waals surface area contributed by atoms with Gasteiger partial charge in [-0.05, 0) is 40.2 Å². The zero-order valence-corrected chi connectivity index (χ0v) is 8.35. The molecular weight excluding hydrogens is 134 g/mol. The zero-order valence-electron chi connectivity index (χ0n) is 8.35. The van der Waals surface area contributed by atoms with Crippen molar-refractivity contribution < 1.29 is 0 Å². The van der Waals surface area contributed by atoms with E-state index < -0.39 is 0 Å². The summed E-state index contributed by atoms with van der Waals surface area (Å²) >= 11 is 0. The average Bonchev–Trinajstić information content (AvgIpc) is 1.74. The van der Waals surface area contributed by atoms with Crippen molar-refractivity contribution in [1.82, 2.24) is 4.90 Å². The second-order valence-electron chi connectivity index (χ2n) is 4.54. The van der Waals surface area contributed by atoms with Crippen LogP contribution < -0.4 is 0 Å². The van der Waals surface area contributed by atoms with E-state index in [0.29, 0.717) is 5.54 Å². The van der Waals surface area contributed by atoms with Crippen LogP contribution in [0.2, 0.25) is 0 Å². The van der Waals surface area contributed by atoms with Crippen LogP contribution in [0.25, 0.3) is 0 Å². The van der Waals surface area contributed by atoms with Gasteiger partial charge in [0.2, 0.25) is 0 Å². The molecule has 0 atom stereocenters. The maximum Gasteiger partial charge on any atom is 0.0127 e. The van der Waals surface area contributed by atoms with Crippen molar-refractivity contribution in [2.75, 3.05) is 6.54 Å². The minimum absolute atomic E-state index is 0.375. The molecule has 1 heteroatoms. The molecule has 1 nitrogen and oxygen atoms in total. The molecule has 0 radical (unpaired) electrons. The average molecular weight is 155 g/mol. The standard InChI is InChI=1S/C10H21N/c1-5-11(10(2,3)4)9-7-6-8-9/h9H,5-8H2,1-4H3. The minimum Gasteiger partial charge on any atom is -0.296 e. The molecular formula is C10H21N. The van der Waals surface area contributed by atoms with E-state index in [2.05, 4.69) is 32.6 Å². The number of hydrogen-bond donors (Lipinski definition) is 0. The number of rotatable bonds is 2. The van der Waals surface area contributed by atoms with Crippen molar-refractivity contribution in [3.8, 4) is 0 Å². The second kappa shape index (κ2) is 3.14. The van der Waals surface area contributed by atoms with Crippen LogP contribution in [0.5, 0.6) is 0 Å². The molecule has 1 rings (SSSR count). The van der Waals surface area contributed by atoms with Crippen molar-refractivity contribution in [2.24, 2.45) is 0 Å². The van der Waals surface area contributed by atoms with Gasteiger partial charge in [0.15, 0.2) is 0 Å². The summed E-state index contributed by atoms with van der Waals surface area (Å²) in [5.74, 6) is 0. The van der Waals surface area contributed by atoms with E-state index in [9.17, 15) is 0 Å². The number of hydrogen-bond acceptors (Lipinski definition) is 1. The van der Waals surface area contributed by atoms with Crippen LogP contribution in [-0.4, -0.2) is 23.0 Å². The lowest BCUT2D eigenvalue weighted by Gasteiger charge is -2.45. The van der Waals surface area contributed by atoms with E-state index in [0.717, 1.165) is 6.04 Å². The highest BCUT2D eigenvalue weighted by Gasteiger charge is 2.30. The molecule has 0 amide bonds. The van der Waals surface area contributed by atoms with E-state index in [1.165, 1.54) is 25.8 Å². The van der Waals surface area contributed by atoms with Crippen LogP contribution >= 0.6 is 0 Å². The van der Waals surface area contributed by atoms with Gasteiger partial charge in [-0.1, -0.05) is 13.3 Å². The van der Waals surface area contributed by atoms with Gasteiger partial charge < -0.3 is 0 Å². The lowest BCUT2D eigenvalue weighted by atomic mass is 9.88. The van der Waals surface area contributed by atoms with E-state index in [-0.39, 0.29) is 0 Å². The highest BCUT2D eigenvalue weighted by atomic mass is 15.2. The van der Waals surface area contributed by atoms with Crippen LogP contribution in [0, 0.1) is 0 Å². The lowest BCUT2D eigenvalue weighted by Crippen LogP contribution is -2.50. The van der Waals surface area contributed by atoms with E-state index >= 15 is 0 Å². The summed E-state index contributed by atoms with van der Waals surface area (Å²) in [4.78, 5) is 2.62. The Morgan fingerprint density at radius 3 is 1.91 bits per heavy atom. The molecule has 1 aliphatic rings. The molecule has 0 aromatic rings. The van der Waals surface area contributed by atoms with Gasteiger partial charge in [0.1, 0.15) is 0 Å². The highest BCUT2D eigenvalue weighted by Crippen LogP contribution is 2.29. The van der Waals surface area contributed by atoms with Crippen molar-refractivity contribution >= 4 is 0 Å². The van der Waals surface area contributed by atoms with E-state index in [1.54, 1.807) is 0 Å². The predicted molar refractivity (Wildman–Crippen MR) is 49.8 cm³/mol. The van der Waals surface area contributed by atoms with Crippen molar-refractivity contribution in [3.63, 3.8) is 0 Å². The van der Waals surface area contributed by atoms with Crippen molar-refractivity contribution in [1.29, 1.82) is 0 Å². The summed E-state index contributed by atoms with van der Waals surface area (Å²) < 4.78 is 0. The third-order valence-electron chi connectivity index (χ3n) is 2.72. The molecule has 0 unspecified atom stereocenters. The first-order chi connectivity index (χ1) is 5.05. The first-order valence-electron chi connectivity index (χ1n) is 4.82. The van der Waals surface area contributed by atoms with Gasteiger partial charge >= 0.3 is 0 Å². The molecule has 11 heavy (non-hydrogen) atoms. The smallest absolute Gasteiger partial charge is 0.0127 e. The van der Waals surface area contributed by atoms with Crippen molar-refractivity contribution in [3.05, 3.63) is 0 Å². The highest BCUT2D eigenvalue weighted by molar-refractivity contribution is 4.86. The molecule has 0 heterocycles. The maximum atomic E-state index is 2.62. The van der Waals surface area contributed by atoms with E-state index in [4.69, 9.17) is 0 Å². The fourth-order valence-electron chi connectivity index (χ4n) is 1.98. The predicted octanol–water partition coefficient (Wildman–Crippen LogP) is 2.66. The van der Waals surface area contributed by atoms with Crippen LogP contribution in [0.15, 0.2) is 0 Å². The van der Waals surface area contributed by atoms with Crippen LogP contribution in [0.4, 0.5) is 0 Å². The maximum absolute atomic E-state index is 2.62. The summed E-state index contributed by atoms with van der Waals surface area (Å²) in [6.07, 6.45) is 4.29. The van der Waals surface area contributed by atoms with Crippen LogP contribution in [0.3, 0.4) is 0 Å². The molecule has 1 fully saturated rings. The minimum atomic E-state index is 0.375. The van der Waals surface area contributed by atoms with Gasteiger partial charge in [-0.2, -0.15) is 0 Å². The molecule has 1 aliphatic carbocycles. The Hall–Kier alpha value is -0.0400. The number of nitrogens with zero attached hydrogens (tertiary/aromatic N) is 1. The molecule has 0 aliphatic heterocycles. The molecule has 0 spiro atoms. The van der Waals surface area contributed by atoms with Gasteiger partial charge in [0, 0.05) is 11.6 Å². The van der Waals surface area contributed by atoms with Crippen LogP contribution in [0.1, 0.15) is 47.0 Å². The Morgan fingerprint density at radius 1 is 1.27 bits per heavy atom. The summed E-state index contributed by atoms with van der Waals surface area (Å²) in [5.41, 5.74) is 0.375. The summed E-state index contributed by atoms with van der Waals surface area (Å²) in [6, 6.07) is 0.889. The van der Waals surface area contributed by atoms with Crippen molar-refractivity contribution in [2.45, 2.75) is 58.5 Å². The molecule has 0 aromatic heterocycles. The summed E-state index contributed by atoms with van der Waals surface area (Å²) in [6.45, 7) is 10.4. The van der Waals surface area contributed by atoms with Gasteiger partial charge in [0.25, 0.3) is 0 Å². The molecule has 1 saturated carbocycles. The molecule has 0 aromatic carbocycles. The fraction of sp³-hybridized carbons (Fsp3) is 1.00. The summed E-state index contributed by atoms with van der Waals surface area (Å²) in [5, 5.41) is 0. The van der Waals surface area contributed by atoms with Gasteiger partial charge in [0.05, 0.1) is 0 Å². The first-order valence-corrected chi connectivity index (χ1v) is 4.82. The topological polar surface area (TPSA) is 3.24 Å². The Balaban J connectivity index is 2.48. The largest absolute Gasteiger partial charge is 0.296 e. The fourth-order valence-corrected chi connectivity index (χ4v) is 1.98. The third kappa shape index (κ3) is 1.96. The SMILES string of the molecule is CCN(C1CCC1)C(C)(C)C. The quantitative estimate of drug-likeness (QED) is 0.592. The Morgan fingerprint density at radius 2 is 1.82 bits per heavy atom. The normalized spacial score (nSPS) is 20.5. The third-order valence-corrected chi connectivity index (χ3v) is 2.72. The Labute approximate surface area is 70.8 Å². The molecule has 0 saturated heterocycles. The molecule has 0 N–H and O–H groups in total. The zero-order chi connectivity index (χ0) is 8.48. The Kier molecular flexibility index (Phi) is 2.58. The van der Waals surface area contributed by atoms with Gasteiger partial charge in [-0.25, -0.2) is 0 Å². The first kappa shape index (κ1) is 9.05. The Bertz CT molecular complexity index is 119. The summed E-state index contributed by atoms with van der Waals surface area (Å²) in [7, 11) is 0. The molecule has 66 valence electrons. The molecule has 0 bridgehead atoms. The second-order valence-corrected chi connectivity index (χ2v) is 4.54.